The summed E-state index contributed by atoms with van der Waals surface area (Å²) >= 11 is 12.7. The van der Waals surface area contributed by atoms with Crippen molar-refractivity contribution in [2.45, 2.75) is 31.5 Å². The third kappa shape index (κ3) is 5.28. The topological polar surface area (TPSA) is 67.6 Å². The number of nitriles is 1. The molecule has 1 fully saturated rings. The largest absolute Gasteiger partial charge is 0.376 e. The molecule has 1 unspecified atom stereocenters. The van der Waals surface area contributed by atoms with Gasteiger partial charge >= 0.3 is 0 Å². The van der Waals surface area contributed by atoms with Crippen LogP contribution >= 0.6 is 23.2 Å². The van der Waals surface area contributed by atoms with E-state index in [2.05, 4.69) is 0 Å². The van der Waals surface area contributed by atoms with Crippen molar-refractivity contribution >= 4 is 34.8 Å². The van der Waals surface area contributed by atoms with Crippen LogP contribution in [0.4, 0.5) is 10.1 Å². The van der Waals surface area contributed by atoms with E-state index >= 15 is 0 Å². The molecule has 1 N–H and O–H groups in total. The zero-order chi connectivity index (χ0) is 25.2. The lowest BCUT2D eigenvalue weighted by molar-refractivity contribution is -0.149. The number of halogens is 3. The molecule has 0 aliphatic carbocycles. The second-order valence-electron chi connectivity index (χ2n) is 8.77. The average Bonchev–Trinajstić information content (AvgIpc) is 3.34. The molecule has 1 aliphatic rings. The average molecular weight is 512 g/mol. The molecule has 8 heteroatoms. The molecule has 0 saturated carbocycles. The predicted molar refractivity (Wildman–Crippen MR) is 135 cm³/mol. The predicted octanol–water partition coefficient (Wildman–Crippen LogP) is 5.52. The minimum atomic E-state index is -1.66. The van der Waals surface area contributed by atoms with Crippen molar-refractivity contribution in [3.63, 3.8) is 0 Å². The van der Waals surface area contributed by atoms with Gasteiger partial charge in [0.2, 0.25) is 0 Å². The van der Waals surface area contributed by atoms with E-state index in [0.717, 1.165) is 5.69 Å². The highest BCUT2D eigenvalue weighted by Gasteiger charge is 2.40. The van der Waals surface area contributed by atoms with Crippen molar-refractivity contribution in [3.05, 3.63) is 99.3 Å². The molecule has 3 aromatic rings. The lowest BCUT2D eigenvalue weighted by Gasteiger charge is -2.33. The van der Waals surface area contributed by atoms with Gasteiger partial charge in [-0.2, -0.15) is 5.26 Å². The summed E-state index contributed by atoms with van der Waals surface area (Å²) < 4.78 is 14.0. The Labute approximate surface area is 213 Å². The molecule has 0 bridgehead atoms. The summed E-state index contributed by atoms with van der Waals surface area (Å²) in [5.74, 6) is -0.780. The maximum atomic E-state index is 14.0. The minimum absolute atomic E-state index is 0.145. The Morgan fingerprint density at radius 3 is 2.60 bits per heavy atom. The molecule has 0 aromatic heterocycles. The van der Waals surface area contributed by atoms with Crippen LogP contribution in [-0.4, -0.2) is 35.0 Å². The van der Waals surface area contributed by atoms with Crippen molar-refractivity contribution in [2.24, 2.45) is 0 Å². The number of hydrogen-bond acceptors (Lipinski definition) is 4. The van der Waals surface area contributed by atoms with E-state index in [1.165, 1.54) is 25.1 Å². The van der Waals surface area contributed by atoms with Gasteiger partial charge in [0.1, 0.15) is 11.9 Å². The van der Waals surface area contributed by atoms with Gasteiger partial charge < -0.3 is 14.9 Å². The second kappa shape index (κ2) is 10.2. The van der Waals surface area contributed by atoms with Gasteiger partial charge in [-0.1, -0.05) is 53.5 Å². The summed E-state index contributed by atoms with van der Waals surface area (Å²) in [6, 6.07) is 20.1. The normalized spacial score (nSPS) is 17.0. The number of carbonyl (C=O) groups is 1. The molecule has 1 amide bonds. The molecule has 0 spiro atoms. The first kappa shape index (κ1) is 25.0. The maximum Gasteiger partial charge on any atom is 0.258 e. The highest BCUT2D eigenvalue weighted by molar-refractivity contribution is 6.32. The van der Waals surface area contributed by atoms with Gasteiger partial charge in [-0.25, -0.2) is 4.39 Å². The fourth-order valence-corrected chi connectivity index (χ4v) is 4.82. The van der Waals surface area contributed by atoms with Gasteiger partial charge in [-0.05, 0) is 60.9 Å². The standard InChI is InChI=1S/C27H24Cl2FN3O2/c1-27(35,20-5-3-2-4-6-20)26(34)32-12-11-23(17-32)33(16-19-13-21(30)8-10-24(19)28)22-9-7-18(15-31)25(29)14-22/h2-10,13-14,23,35H,11-12,16-17H2,1H3/t23?,27-/m1/s1. The fraction of sp³-hybridized carbons (Fsp3) is 0.259. The first-order valence-corrected chi connectivity index (χ1v) is 11.9. The first-order chi connectivity index (χ1) is 16.7. The molecule has 4 rings (SSSR count). The Morgan fingerprint density at radius 1 is 1.17 bits per heavy atom. The number of carbonyl (C=O) groups excluding carboxylic acids is 1. The van der Waals surface area contributed by atoms with Crippen LogP contribution in [0.3, 0.4) is 0 Å². The van der Waals surface area contributed by atoms with Crippen molar-refractivity contribution in [1.82, 2.24) is 4.90 Å². The van der Waals surface area contributed by atoms with E-state index in [9.17, 15) is 19.6 Å². The Balaban J connectivity index is 1.63. The molecule has 5 nitrogen and oxygen atoms in total. The Bertz CT molecular complexity index is 1280. The molecule has 1 saturated heterocycles. The number of aliphatic hydroxyl groups is 1. The summed E-state index contributed by atoms with van der Waals surface area (Å²) in [7, 11) is 0. The number of amides is 1. The van der Waals surface area contributed by atoms with E-state index in [4.69, 9.17) is 23.2 Å². The third-order valence-electron chi connectivity index (χ3n) is 6.40. The van der Waals surface area contributed by atoms with Crippen LogP contribution in [0.25, 0.3) is 0 Å². The van der Waals surface area contributed by atoms with Crippen molar-refractivity contribution in [3.8, 4) is 6.07 Å². The zero-order valence-corrected chi connectivity index (χ0v) is 20.6. The van der Waals surface area contributed by atoms with Gasteiger partial charge in [0.25, 0.3) is 5.91 Å². The summed E-state index contributed by atoms with van der Waals surface area (Å²) in [6.45, 7) is 2.58. The highest BCUT2D eigenvalue weighted by Crippen LogP contribution is 2.32. The van der Waals surface area contributed by atoms with Crippen LogP contribution < -0.4 is 4.90 Å². The van der Waals surface area contributed by atoms with Crippen LogP contribution in [0.1, 0.15) is 30.0 Å². The molecule has 3 aromatic carbocycles. The lowest BCUT2D eigenvalue weighted by atomic mass is 9.94. The number of anilines is 1. The number of likely N-dealkylation sites (tertiary alicyclic amines) is 1. The van der Waals surface area contributed by atoms with Crippen LogP contribution in [-0.2, 0) is 16.9 Å². The van der Waals surface area contributed by atoms with Gasteiger partial charge in [-0.3, -0.25) is 4.79 Å². The van der Waals surface area contributed by atoms with E-state index in [0.29, 0.717) is 46.2 Å². The second-order valence-corrected chi connectivity index (χ2v) is 9.59. The van der Waals surface area contributed by atoms with E-state index in [1.54, 1.807) is 47.4 Å². The number of hydrogen-bond donors (Lipinski definition) is 1. The van der Waals surface area contributed by atoms with Gasteiger partial charge in [0, 0.05) is 36.4 Å². The summed E-state index contributed by atoms with van der Waals surface area (Å²) in [6.07, 6.45) is 0.626. The van der Waals surface area contributed by atoms with Crippen LogP contribution in [0.5, 0.6) is 0 Å². The van der Waals surface area contributed by atoms with Gasteiger partial charge in [0.05, 0.1) is 10.6 Å². The summed E-state index contributed by atoms with van der Waals surface area (Å²) in [4.78, 5) is 17.0. The van der Waals surface area contributed by atoms with Crippen LogP contribution in [0, 0.1) is 17.1 Å². The van der Waals surface area contributed by atoms with Gasteiger partial charge in [-0.15, -0.1) is 0 Å². The molecule has 180 valence electrons. The van der Waals surface area contributed by atoms with Crippen molar-refractivity contribution < 1.29 is 14.3 Å². The van der Waals surface area contributed by atoms with E-state index in [-0.39, 0.29) is 18.5 Å². The number of nitrogens with zero attached hydrogens (tertiary/aromatic N) is 3. The Hall–Kier alpha value is -3.11. The molecule has 1 heterocycles. The highest BCUT2D eigenvalue weighted by atomic mass is 35.5. The smallest absolute Gasteiger partial charge is 0.258 e. The van der Waals surface area contributed by atoms with E-state index in [1.807, 2.05) is 17.0 Å². The monoisotopic (exact) mass is 511 g/mol. The number of benzene rings is 3. The van der Waals surface area contributed by atoms with Gasteiger partial charge in [0.15, 0.2) is 5.60 Å². The molecular formula is C27H24Cl2FN3O2. The quantitative estimate of drug-likeness (QED) is 0.473. The van der Waals surface area contributed by atoms with E-state index < -0.39 is 11.4 Å². The molecule has 1 aliphatic heterocycles. The van der Waals surface area contributed by atoms with Crippen molar-refractivity contribution in [1.29, 1.82) is 5.26 Å². The summed E-state index contributed by atoms with van der Waals surface area (Å²) in [5.41, 5.74) is 0.526. The first-order valence-electron chi connectivity index (χ1n) is 11.2. The lowest BCUT2D eigenvalue weighted by Crippen LogP contribution is -2.46. The van der Waals surface area contributed by atoms with Crippen molar-refractivity contribution in [2.75, 3.05) is 18.0 Å². The SMILES string of the molecule is C[C@](O)(C(=O)N1CCC(N(Cc2cc(F)ccc2Cl)c2ccc(C#N)c(Cl)c2)C1)c1ccccc1. The van der Waals surface area contributed by atoms with Crippen LogP contribution in [0.2, 0.25) is 10.0 Å². The molecule has 0 radical (unpaired) electrons. The van der Waals surface area contributed by atoms with Crippen LogP contribution in [0.15, 0.2) is 66.7 Å². The zero-order valence-electron chi connectivity index (χ0n) is 19.1. The minimum Gasteiger partial charge on any atom is -0.376 e. The third-order valence-corrected chi connectivity index (χ3v) is 7.08. The molecule has 35 heavy (non-hydrogen) atoms. The molecule has 2 atom stereocenters. The number of rotatable bonds is 6. The Morgan fingerprint density at radius 2 is 1.91 bits per heavy atom. The maximum absolute atomic E-state index is 14.0. The molecular weight excluding hydrogens is 488 g/mol. The summed E-state index contributed by atoms with van der Waals surface area (Å²) in [5, 5.41) is 21.0. The Kier molecular flexibility index (Phi) is 7.32. The fourth-order valence-electron chi connectivity index (χ4n) is 4.43.